The summed E-state index contributed by atoms with van der Waals surface area (Å²) < 4.78 is 181. The zero-order chi connectivity index (χ0) is 100. The Morgan fingerprint density at radius 1 is 0.432 bits per heavy atom. The second-order valence-corrected chi connectivity index (χ2v) is 44.2. The van der Waals surface area contributed by atoms with Crippen molar-refractivity contribution in [2.75, 3.05) is 143 Å². The molecule has 6 saturated heterocycles. The van der Waals surface area contributed by atoms with Gasteiger partial charge in [-0.3, -0.25) is 46.3 Å². The number of anilines is 5. The molecule has 0 aromatic carbocycles. The quantitative estimate of drug-likeness (QED) is 0.0114. The Balaban J connectivity index is 0.741. The number of imidazole rings is 2. The summed E-state index contributed by atoms with van der Waals surface area (Å²) in [7, 11) is -0.664. The SMILES string of the molecule is CC[C@H]1O[C@@H](n2cc(C)c(N)nc2=O)C[C@H]1OP([O-])(=S)OC[C@H]1O[C@@H](n2cc(C)c(=O)[nH]c2=O)C[C@H]1OP(=O)([S-])OC[C@H]1O[C@@H](n2cnc3c(N)ncnc32)C(OCCOC)[C@H]1OP(=O)([O-])OC[C@H]1O[C@@H](n2cc(C)c(N)nc2=O)C(OCCOC)[C@H]1OP([O-])(=S)OC[C@H]1O[C@@H](n2cnc3c(N)ncnc32)C(OCCOC)[C@H]1OP([O-])(=S)OC[C@H]1O[C@@H](n2cc(C)c(N)nc2=O)C(OCCOC)[C@H]1O. The highest BCUT2D eigenvalue weighted by Crippen LogP contribution is 2.56. The standard InChI is InChI=1S/C73H106N21O36P5S4/c1-10-38-39(19-46(120-38)89-21-34(2)58(74)85-70(89)97)126-132(103,136)116-25-41-40(20-47(121-41)90-24-37(5)65(96)88-73(90)100)127-133(104,137)118-28-44-51(55(112-16-12-108-7)68(124-44)93-32-83-48-61(77)79-30-81-63(48)93)128-131(101,102)115-27-43-52(56(113-17-13-109-8)67(123-43)92-23-36(4)60(76)87-72(92)99)129-135(106,139)119-29-45-53(57(114-18-14-110-9)69(125-45)94-33-84-49-62(78)80-31-82-64(49)94)130-134(105,138)117-26-42-50(95)54(111-15-11-107-6)66(122-42)91-22-35(3)59(75)86-71(91)98/h21-24,30-33,38-47,50-57,66-69,95H,10-20,25-29H2,1-9H3,(H,101,102)(H,103,136)(H,104,137)(H,105,138)(H,106,139)(H2,74,85,97)(H2,75,86,98)(H2,76,87,99)(H2,77,79,81)(H2,78,80,82)(H,88,96,100)/p-5/t38-,39-,40-,41-,42-,43-,44-,45-,46-,47-,50+,51+,52+,53+,54?,55?,56?,57?,66-,67-,68-,69-,132?,133?,134?,135?/m1/s1. The van der Waals surface area contributed by atoms with Crippen LogP contribution in [0.15, 0.2) is 74.1 Å². The highest BCUT2D eigenvalue weighted by molar-refractivity contribution is 8.32. The van der Waals surface area contributed by atoms with Crippen molar-refractivity contribution < 1.29 is 145 Å². The van der Waals surface area contributed by atoms with Crippen molar-refractivity contribution in [2.24, 2.45) is 0 Å². The van der Waals surface area contributed by atoms with E-state index in [0.29, 0.717) is 11.1 Å². The molecule has 27 atom stereocenters. The molecule has 14 heterocycles. The zero-order valence-electron chi connectivity index (χ0n) is 75.3. The average Bonchev–Trinajstić information content (AvgIpc) is 1.82. The van der Waals surface area contributed by atoms with Crippen LogP contribution in [-0.2, 0) is 168 Å². The maximum Gasteiger partial charge on any atom is 0.351 e. The van der Waals surface area contributed by atoms with Crippen molar-refractivity contribution in [1.29, 1.82) is 0 Å². The number of ether oxygens (including phenoxy) is 14. The summed E-state index contributed by atoms with van der Waals surface area (Å²) in [6, 6.07) is 0. The summed E-state index contributed by atoms with van der Waals surface area (Å²) in [5, 5.41) is 11.8. The van der Waals surface area contributed by atoms with Gasteiger partial charge in [0.15, 0.2) is 54.6 Å². The Hall–Kier alpha value is -6.98. The van der Waals surface area contributed by atoms with Crippen LogP contribution >= 0.6 is 34.8 Å². The smallest absolute Gasteiger partial charge is 0.351 e. The number of aliphatic hydroxyl groups excluding tert-OH is 1. The molecule has 139 heavy (non-hydrogen) atoms. The van der Waals surface area contributed by atoms with E-state index in [4.69, 9.17) is 188 Å². The minimum Gasteiger partial charge on any atom is -0.780 e. The normalized spacial score (nSPS) is 29.4. The lowest BCUT2D eigenvalue weighted by atomic mass is 10.1. The van der Waals surface area contributed by atoms with Gasteiger partial charge in [0.1, 0.15) is 153 Å². The van der Waals surface area contributed by atoms with Gasteiger partial charge in [0.05, 0.1) is 117 Å². The number of hydrogen-bond acceptors (Lipinski definition) is 54. The lowest BCUT2D eigenvalue weighted by Gasteiger charge is -2.37. The van der Waals surface area contributed by atoms with Gasteiger partial charge in [0.2, 0.25) is 0 Å². The van der Waals surface area contributed by atoms with Crippen molar-refractivity contribution in [3.8, 4) is 0 Å². The second-order valence-electron chi connectivity index (χ2n) is 32.1. The number of methoxy groups -OCH3 is 4. The predicted octanol–water partition coefficient (Wildman–Crippen LogP) is -2.92. The maximum absolute atomic E-state index is 15.5. The third kappa shape index (κ3) is 25.6. The number of hydrogen-bond donors (Lipinski definition) is 7. The minimum atomic E-state index is -6.09. The number of nitrogens with zero attached hydrogens (tertiary/aromatic N) is 15. The monoisotopic (exact) mass is 2130 g/mol. The Bertz CT molecular complexity index is 6240. The van der Waals surface area contributed by atoms with Crippen molar-refractivity contribution >= 4 is 134 Å². The molecule has 768 valence electrons. The van der Waals surface area contributed by atoms with E-state index in [0.717, 1.165) is 26.4 Å². The number of nitrogens with one attached hydrogen (secondary N) is 1. The van der Waals surface area contributed by atoms with E-state index in [9.17, 15) is 38.9 Å². The van der Waals surface area contributed by atoms with Crippen LogP contribution in [0.2, 0.25) is 0 Å². The number of phosphoric acid groups is 1. The molecule has 0 aliphatic carbocycles. The highest BCUT2D eigenvalue weighted by Gasteiger charge is 2.56. The molecule has 6 aliphatic heterocycles. The van der Waals surface area contributed by atoms with Crippen LogP contribution in [0.3, 0.4) is 0 Å². The first-order valence-corrected chi connectivity index (χ1v) is 54.2. The van der Waals surface area contributed by atoms with Crippen molar-refractivity contribution in [3.63, 3.8) is 0 Å². The van der Waals surface area contributed by atoms with Gasteiger partial charge in [-0.25, -0.2) is 49.1 Å². The first kappa shape index (κ1) is 108. The third-order valence-corrected chi connectivity index (χ3v) is 29.9. The Morgan fingerprint density at radius 2 is 0.799 bits per heavy atom. The van der Waals surface area contributed by atoms with E-state index in [1.807, 2.05) is 0 Å². The number of fused-ring (bicyclic) bond motifs is 2. The number of aromatic nitrogens is 16. The number of phosphoric ester groups is 1. The predicted molar refractivity (Wildman–Crippen MR) is 483 cm³/mol. The summed E-state index contributed by atoms with van der Waals surface area (Å²) in [4.78, 5) is 166. The molecule has 0 spiro atoms. The molecular weight excluding hydrogens is 2030 g/mol. The lowest BCUT2D eigenvalue weighted by Crippen LogP contribution is -2.42. The maximum atomic E-state index is 15.5. The molecule has 14 rings (SSSR count). The average molecular weight is 2130 g/mol. The number of H-pyrrole nitrogens is 1. The zero-order valence-corrected chi connectivity index (χ0v) is 83.1. The van der Waals surface area contributed by atoms with Crippen LogP contribution in [0, 0.1) is 27.7 Å². The number of aliphatic hydroxyl groups is 1. The number of aromatic amines is 1. The van der Waals surface area contributed by atoms with Crippen LogP contribution in [0.1, 0.15) is 85.8 Å². The number of nitrogen functional groups attached to an aromatic ring is 5. The Kier molecular flexibility index (Phi) is 35.8. The first-order valence-electron chi connectivity index (χ1n) is 42.5. The molecule has 6 fully saturated rings. The van der Waals surface area contributed by atoms with Crippen molar-refractivity contribution in [1.82, 2.24) is 77.2 Å². The van der Waals surface area contributed by atoms with Crippen LogP contribution in [-0.4, -0.2) is 294 Å². The molecule has 0 radical (unpaired) electrons. The molecule has 12 N–H and O–H groups in total. The molecule has 8 aromatic rings. The fourth-order valence-corrected chi connectivity index (χ4v) is 22.6. The summed E-state index contributed by atoms with van der Waals surface area (Å²) >= 11 is 22.3. The summed E-state index contributed by atoms with van der Waals surface area (Å²) in [6.45, 7) is -18.6. The van der Waals surface area contributed by atoms with Crippen LogP contribution in [0.4, 0.5) is 29.1 Å². The van der Waals surface area contributed by atoms with E-state index in [1.54, 1.807) is 20.8 Å². The lowest BCUT2D eigenvalue weighted by molar-refractivity contribution is -0.238. The largest absolute Gasteiger partial charge is 0.780 e. The van der Waals surface area contributed by atoms with E-state index in [2.05, 4.69) is 49.8 Å². The Morgan fingerprint density at radius 3 is 1.27 bits per heavy atom. The van der Waals surface area contributed by atoms with Crippen LogP contribution < -0.4 is 76.6 Å². The molecule has 0 bridgehead atoms. The van der Waals surface area contributed by atoms with Gasteiger partial charge in [0, 0.05) is 88.3 Å². The van der Waals surface area contributed by atoms with E-state index < -0.39 is 238 Å². The second kappa shape index (κ2) is 46.2. The fourth-order valence-electron chi connectivity index (χ4n) is 15.9. The minimum absolute atomic E-state index is 0.00135. The van der Waals surface area contributed by atoms with E-state index in [-0.39, 0.29) is 128 Å². The van der Waals surface area contributed by atoms with Crippen LogP contribution in [0.5, 0.6) is 0 Å². The highest BCUT2D eigenvalue weighted by atomic mass is 32.7. The summed E-state index contributed by atoms with van der Waals surface area (Å²) in [5.41, 5.74) is 27.3. The molecule has 0 saturated carbocycles. The number of nitrogens with two attached hydrogens (primary N) is 5. The first-order chi connectivity index (χ1) is 66.0. The van der Waals surface area contributed by atoms with Gasteiger partial charge in [-0.2, -0.15) is 15.0 Å². The van der Waals surface area contributed by atoms with Gasteiger partial charge in [-0.05, 0) is 34.1 Å². The van der Waals surface area contributed by atoms with Gasteiger partial charge in [0.25, 0.3) is 13.4 Å². The molecule has 57 nitrogen and oxygen atoms in total. The molecule has 0 amide bonds. The van der Waals surface area contributed by atoms with E-state index >= 15 is 18.9 Å². The van der Waals surface area contributed by atoms with Gasteiger partial charge in [-0.1, -0.05) is 42.3 Å². The summed E-state index contributed by atoms with van der Waals surface area (Å²) in [6.07, 6.45) is -24.4. The van der Waals surface area contributed by atoms with E-state index in [1.165, 1.54) is 93.4 Å². The molecule has 9 unspecified atom stereocenters. The Labute approximate surface area is 808 Å². The number of aryl methyl sites for hydroxylation is 4. The van der Waals surface area contributed by atoms with Gasteiger partial charge in [-0.15, -0.1) is 0 Å². The van der Waals surface area contributed by atoms with Gasteiger partial charge >= 0.3 is 22.8 Å². The van der Waals surface area contributed by atoms with Crippen LogP contribution in [0.25, 0.3) is 22.3 Å². The van der Waals surface area contributed by atoms with Crippen molar-refractivity contribution in [3.05, 3.63) is 125 Å². The molecular formula is C73H101N21O36P5S4-5. The van der Waals surface area contributed by atoms with Crippen molar-refractivity contribution in [2.45, 2.75) is 189 Å². The summed E-state index contributed by atoms with van der Waals surface area (Å²) in [5.74, 6) is -0.484. The van der Waals surface area contributed by atoms with Gasteiger partial charge < -0.3 is 177 Å². The third-order valence-electron chi connectivity index (χ3n) is 22.7. The topological polar surface area (TPSA) is 745 Å². The molecule has 6 aliphatic rings. The number of rotatable bonds is 48. The molecule has 66 heteroatoms. The molecule has 8 aromatic heterocycles. The fraction of sp³-hybridized carbons (Fsp3) is 0.644.